The molecule has 1 aliphatic rings. The highest BCUT2D eigenvalue weighted by atomic mass is 32.2. The van der Waals surface area contributed by atoms with Gasteiger partial charge in [-0.05, 0) is 43.5 Å². The Morgan fingerprint density at radius 2 is 1.92 bits per heavy atom. The smallest absolute Gasteiger partial charge is 0.283 e. The Hall–Kier alpha value is -3.46. The molecule has 1 N–H and O–H groups in total. The molecule has 1 amide bonds. The number of amides is 1. The third kappa shape index (κ3) is 6.15. The standard InChI is InChI=1S/C25H29N5O3S.C4H10/c1-5-7-9-20-19-12-11-17(25(31)28-34(32,33)23-15-29(4)16-27-23)14-22(19)30-13-8-10-21(26-3)18(6-2)24(20)30;1-3-4-2/h6,8,10-12,14-16H,5,7,9,13H2,1-4H3,(H,28,31);3-4H2,1-2H3/b18-6+,26-21?;. The lowest BCUT2D eigenvalue weighted by Crippen LogP contribution is -2.30. The highest BCUT2D eigenvalue weighted by Crippen LogP contribution is 2.35. The van der Waals surface area contributed by atoms with Crippen molar-refractivity contribution in [3.8, 4) is 0 Å². The second kappa shape index (κ2) is 12.9. The number of allylic oxidation sites excluding steroid dienone is 4. The number of hydrogen-bond donors (Lipinski definition) is 1. The summed E-state index contributed by atoms with van der Waals surface area (Å²) in [6.07, 6.45) is 14.5. The summed E-state index contributed by atoms with van der Waals surface area (Å²) in [6.45, 7) is 9.16. The maximum Gasteiger partial charge on any atom is 0.283 e. The summed E-state index contributed by atoms with van der Waals surface area (Å²) in [5.74, 6) is -0.690. The Bertz CT molecular complexity index is 1490. The summed E-state index contributed by atoms with van der Waals surface area (Å²) < 4.78 is 31.0. The van der Waals surface area contributed by atoms with Crippen LogP contribution in [0.5, 0.6) is 0 Å². The molecule has 1 aromatic carbocycles. The molecule has 2 aromatic heterocycles. The highest BCUT2D eigenvalue weighted by Gasteiger charge is 2.25. The lowest BCUT2D eigenvalue weighted by atomic mass is 9.97. The lowest BCUT2D eigenvalue weighted by molar-refractivity contribution is 0.0981. The molecule has 0 radical (unpaired) electrons. The quantitative estimate of drug-likeness (QED) is 0.419. The minimum atomic E-state index is -4.07. The number of sulfonamides is 1. The summed E-state index contributed by atoms with van der Waals surface area (Å²) in [4.78, 5) is 21.3. The van der Waals surface area contributed by atoms with E-state index in [0.29, 0.717) is 6.54 Å². The van der Waals surface area contributed by atoms with Crippen molar-refractivity contribution in [2.45, 2.75) is 71.4 Å². The van der Waals surface area contributed by atoms with Crippen LogP contribution in [0.1, 0.15) is 75.0 Å². The first-order chi connectivity index (χ1) is 18.2. The predicted molar refractivity (Wildman–Crippen MR) is 155 cm³/mol. The first kappa shape index (κ1) is 29.1. The van der Waals surface area contributed by atoms with Crippen molar-refractivity contribution in [3.05, 3.63) is 65.8 Å². The van der Waals surface area contributed by atoms with Crippen LogP contribution >= 0.6 is 0 Å². The number of benzene rings is 1. The fourth-order valence-electron chi connectivity index (χ4n) is 4.39. The number of nitrogens with zero attached hydrogens (tertiary/aromatic N) is 4. The summed E-state index contributed by atoms with van der Waals surface area (Å²) in [7, 11) is -0.613. The highest BCUT2D eigenvalue weighted by molar-refractivity contribution is 7.90. The van der Waals surface area contributed by atoms with E-state index in [-0.39, 0.29) is 10.6 Å². The Labute approximate surface area is 226 Å². The number of rotatable bonds is 7. The number of hydrogen-bond acceptors (Lipinski definition) is 5. The van der Waals surface area contributed by atoms with E-state index >= 15 is 0 Å². The molecule has 1 aliphatic heterocycles. The van der Waals surface area contributed by atoms with Gasteiger partial charge in [0.25, 0.3) is 15.9 Å². The minimum absolute atomic E-state index is 0.197. The zero-order valence-corrected chi connectivity index (χ0v) is 24.1. The number of imidazole rings is 1. The number of aryl methyl sites for hydroxylation is 2. The van der Waals surface area contributed by atoms with Gasteiger partial charge in [-0.1, -0.05) is 58.3 Å². The molecule has 3 heterocycles. The largest absolute Gasteiger partial charge is 0.339 e. The van der Waals surface area contributed by atoms with Crippen LogP contribution < -0.4 is 4.72 Å². The third-order valence-electron chi connectivity index (χ3n) is 6.52. The predicted octanol–water partition coefficient (Wildman–Crippen LogP) is 5.69. The van der Waals surface area contributed by atoms with E-state index in [4.69, 9.17) is 0 Å². The molecule has 4 rings (SSSR count). The number of fused-ring (bicyclic) bond motifs is 3. The van der Waals surface area contributed by atoms with Crippen molar-refractivity contribution in [1.82, 2.24) is 18.8 Å². The van der Waals surface area contributed by atoms with Crippen LogP contribution in [-0.2, 0) is 30.0 Å². The Morgan fingerprint density at radius 3 is 2.50 bits per heavy atom. The summed E-state index contributed by atoms with van der Waals surface area (Å²) in [6, 6.07) is 5.37. The Morgan fingerprint density at radius 1 is 1.18 bits per heavy atom. The molecular weight excluding hydrogens is 498 g/mol. The van der Waals surface area contributed by atoms with E-state index in [1.165, 1.54) is 35.5 Å². The van der Waals surface area contributed by atoms with Crippen LogP contribution in [0.2, 0.25) is 0 Å². The van der Waals surface area contributed by atoms with E-state index in [2.05, 4.69) is 52.2 Å². The molecule has 0 bridgehead atoms. The minimum Gasteiger partial charge on any atom is -0.339 e. The summed E-state index contributed by atoms with van der Waals surface area (Å²) in [5.41, 5.74) is 5.47. The van der Waals surface area contributed by atoms with Gasteiger partial charge in [0.05, 0.1) is 17.7 Å². The number of unbranched alkanes of at least 4 members (excludes halogenated alkanes) is 2. The van der Waals surface area contributed by atoms with Gasteiger partial charge in [0.2, 0.25) is 0 Å². The van der Waals surface area contributed by atoms with Crippen LogP contribution in [0, 0.1) is 0 Å². The molecule has 3 aromatic rings. The Kier molecular flexibility index (Phi) is 9.85. The first-order valence-electron chi connectivity index (χ1n) is 13.2. The molecule has 0 unspecified atom stereocenters. The van der Waals surface area contributed by atoms with E-state index in [0.717, 1.165) is 47.1 Å². The average Bonchev–Trinajstić information content (AvgIpc) is 3.42. The van der Waals surface area contributed by atoms with E-state index in [9.17, 15) is 13.2 Å². The second-order valence-corrected chi connectivity index (χ2v) is 10.9. The van der Waals surface area contributed by atoms with Crippen molar-refractivity contribution in [2.75, 3.05) is 7.05 Å². The van der Waals surface area contributed by atoms with Crippen LogP contribution in [0.4, 0.5) is 0 Å². The molecule has 0 spiro atoms. The number of carbonyl (C=O) groups excluding carboxylic acids is 1. The fraction of sp³-hybridized carbons (Fsp3) is 0.414. The molecule has 0 fully saturated rings. The SMILES string of the molecule is C/C=C1\C(=NC)C=CCn2c1c(CCCC)c1ccc(C(=O)NS(=O)(=O)c3cn(C)cn3)cc12.CCCC. The monoisotopic (exact) mass is 537 g/mol. The van der Waals surface area contributed by atoms with Gasteiger partial charge in [-0.15, -0.1) is 0 Å². The number of carbonyl (C=O) groups is 1. The van der Waals surface area contributed by atoms with Crippen LogP contribution in [0.25, 0.3) is 16.5 Å². The maximum atomic E-state index is 12.9. The molecule has 0 saturated heterocycles. The molecular formula is C29H39N5O3S. The molecule has 9 heteroatoms. The first-order valence-corrected chi connectivity index (χ1v) is 14.7. The van der Waals surface area contributed by atoms with Gasteiger partial charge in [0, 0.05) is 48.9 Å². The molecule has 0 atom stereocenters. The van der Waals surface area contributed by atoms with Gasteiger partial charge in [0.15, 0.2) is 5.03 Å². The third-order valence-corrected chi connectivity index (χ3v) is 7.74. The van der Waals surface area contributed by atoms with Gasteiger partial charge >= 0.3 is 0 Å². The van der Waals surface area contributed by atoms with E-state index in [1.807, 2.05) is 19.1 Å². The zero-order chi connectivity index (χ0) is 27.9. The van der Waals surface area contributed by atoms with Crippen molar-refractivity contribution in [1.29, 1.82) is 0 Å². The molecule has 204 valence electrons. The van der Waals surface area contributed by atoms with Crippen molar-refractivity contribution in [3.63, 3.8) is 0 Å². The number of nitrogens with one attached hydrogen (secondary N) is 1. The average molecular weight is 538 g/mol. The number of aromatic nitrogens is 3. The van der Waals surface area contributed by atoms with Crippen molar-refractivity contribution in [2.24, 2.45) is 12.0 Å². The van der Waals surface area contributed by atoms with Gasteiger partial charge in [-0.3, -0.25) is 9.79 Å². The van der Waals surface area contributed by atoms with Gasteiger partial charge in [-0.2, -0.15) is 8.42 Å². The van der Waals surface area contributed by atoms with Gasteiger partial charge in [-0.25, -0.2) is 9.71 Å². The van der Waals surface area contributed by atoms with Crippen molar-refractivity contribution < 1.29 is 13.2 Å². The van der Waals surface area contributed by atoms with E-state index in [1.54, 1.807) is 26.2 Å². The second-order valence-electron chi connectivity index (χ2n) is 9.30. The lowest BCUT2D eigenvalue weighted by Gasteiger charge is -2.12. The summed E-state index contributed by atoms with van der Waals surface area (Å²) >= 11 is 0. The maximum absolute atomic E-state index is 12.9. The normalized spacial score (nSPS) is 15.3. The zero-order valence-electron chi connectivity index (χ0n) is 23.3. The summed E-state index contributed by atoms with van der Waals surface area (Å²) in [5, 5.41) is 0.870. The van der Waals surface area contributed by atoms with Crippen LogP contribution in [0.15, 0.2) is 59.0 Å². The van der Waals surface area contributed by atoms with E-state index < -0.39 is 15.9 Å². The van der Waals surface area contributed by atoms with Crippen LogP contribution in [0.3, 0.4) is 0 Å². The topological polar surface area (TPSA) is 98.4 Å². The molecule has 8 nitrogen and oxygen atoms in total. The number of aliphatic imine (C=N–C) groups is 1. The molecule has 38 heavy (non-hydrogen) atoms. The van der Waals surface area contributed by atoms with Gasteiger partial charge < -0.3 is 9.13 Å². The Balaban J connectivity index is 0.000000934. The van der Waals surface area contributed by atoms with Crippen LogP contribution in [-0.4, -0.2) is 41.2 Å². The fourth-order valence-corrected chi connectivity index (χ4v) is 5.35. The van der Waals surface area contributed by atoms with Gasteiger partial charge in [0.1, 0.15) is 0 Å². The molecule has 0 saturated carbocycles. The van der Waals surface area contributed by atoms with Crippen molar-refractivity contribution >= 4 is 38.1 Å². The molecule has 0 aliphatic carbocycles.